The summed E-state index contributed by atoms with van der Waals surface area (Å²) in [4.78, 5) is 9.77. The number of aryl methyl sites for hydroxylation is 3. The van der Waals surface area contributed by atoms with Crippen molar-refractivity contribution in [3.05, 3.63) is 58.7 Å². The maximum atomic E-state index is 4.89. The van der Waals surface area contributed by atoms with Gasteiger partial charge in [-0.3, -0.25) is 4.98 Å². The molecule has 124 valence electrons. The summed E-state index contributed by atoms with van der Waals surface area (Å²) in [6.07, 6.45) is 4.29. The third-order valence-electron chi connectivity index (χ3n) is 4.11. The lowest BCUT2D eigenvalue weighted by Crippen LogP contribution is -1.98. The Balaban J connectivity index is 1.95. The summed E-state index contributed by atoms with van der Waals surface area (Å²) in [5, 5.41) is 3.22. The lowest BCUT2D eigenvalue weighted by atomic mass is 10.1. The molecule has 0 aliphatic heterocycles. The molecule has 0 amide bonds. The smallest absolute Gasteiger partial charge is 0.125 e. The molecular weight excluding hydrogens is 312 g/mol. The highest BCUT2D eigenvalue weighted by Gasteiger charge is 2.12. The highest BCUT2D eigenvalue weighted by molar-refractivity contribution is 7.13. The number of hydrogen-bond donors (Lipinski definition) is 0. The van der Waals surface area contributed by atoms with Crippen LogP contribution in [0.25, 0.3) is 21.8 Å². The Morgan fingerprint density at radius 2 is 1.62 bits per heavy atom. The van der Waals surface area contributed by atoms with E-state index in [1.807, 2.05) is 0 Å². The van der Waals surface area contributed by atoms with Crippen LogP contribution in [0.1, 0.15) is 43.6 Å². The van der Waals surface area contributed by atoms with Crippen LogP contribution in [-0.4, -0.2) is 9.97 Å². The van der Waals surface area contributed by atoms with Crippen molar-refractivity contribution in [3.8, 4) is 21.8 Å². The molecule has 0 aliphatic rings. The van der Waals surface area contributed by atoms with Gasteiger partial charge in [0.25, 0.3) is 0 Å². The van der Waals surface area contributed by atoms with E-state index in [4.69, 9.17) is 9.97 Å². The normalized spacial score (nSPS) is 11.0. The van der Waals surface area contributed by atoms with E-state index in [0.29, 0.717) is 0 Å². The maximum absolute atomic E-state index is 4.89. The molecule has 2 heterocycles. The highest BCUT2D eigenvalue weighted by Crippen LogP contribution is 2.31. The Bertz CT molecular complexity index is 803. The summed E-state index contributed by atoms with van der Waals surface area (Å²) in [5.41, 5.74) is 7.08. The minimum absolute atomic E-state index is 1.01. The number of thiazole rings is 1. The second-order valence-corrected chi connectivity index (χ2v) is 7.06. The average Bonchev–Trinajstić information content (AvgIpc) is 3.06. The quantitative estimate of drug-likeness (QED) is 0.544. The van der Waals surface area contributed by atoms with E-state index in [1.54, 1.807) is 11.3 Å². The first-order valence-corrected chi connectivity index (χ1v) is 9.61. The Kier molecular flexibility index (Phi) is 5.41. The number of rotatable bonds is 6. The molecule has 0 saturated carbocycles. The molecular formula is C21H24N2S. The molecule has 0 N–H and O–H groups in total. The van der Waals surface area contributed by atoms with E-state index in [-0.39, 0.29) is 0 Å². The van der Waals surface area contributed by atoms with Gasteiger partial charge in [-0.2, -0.15) is 0 Å². The van der Waals surface area contributed by atoms with E-state index in [9.17, 15) is 0 Å². The van der Waals surface area contributed by atoms with Crippen LogP contribution in [0.2, 0.25) is 0 Å². The van der Waals surface area contributed by atoms with Crippen LogP contribution in [-0.2, 0) is 12.8 Å². The van der Waals surface area contributed by atoms with Crippen LogP contribution >= 0.6 is 11.3 Å². The van der Waals surface area contributed by atoms with E-state index in [1.165, 1.54) is 28.1 Å². The van der Waals surface area contributed by atoms with Crippen molar-refractivity contribution >= 4 is 11.3 Å². The predicted molar refractivity (Wildman–Crippen MR) is 104 cm³/mol. The SMILES string of the molecule is CCCc1ccc(-c2nc(-c3ccc(C)cc3)cs2)c(CCC)n1. The molecule has 0 radical (unpaired) electrons. The molecule has 3 heteroatoms. The van der Waals surface area contributed by atoms with Crippen molar-refractivity contribution in [2.75, 3.05) is 0 Å². The van der Waals surface area contributed by atoms with Crippen molar-refractivity contribution in [1.82, 2.24) is 9.97 Å². The van der Waals surface area contributed by atoms with Gasteiger partial charge in [-0.1, -0.05) is 56.5 Å². The zero-order valence-electron chi connectivity index (χ0n) is 14.7. The van der Waals surface area contributed by atoms with Crippen LogP contribution < -0.4 is 0 Å². The molecule has 3 rings (SSSR count). The number of pyridine rings is 1. The zero-order chi connectivity index (χ0) is 16.9. The van der Waals surface area contributed by atoms with Gasteiger partial charge < -0.3 is 0 Å². The number of aromatic nitrogens is 2. The fourth-order valence-corrected chi connectivity index (χ4v) is 3.69. The largest absolute Gasteiger partial charge is 0.257 e. The van der Waals surface area contributed by atoms with Crippen LogP contribution in [0.4, 0.5) is 0 Å². The Morgan fingerprint density at radius 1 is 0.875 bits per heavy atom. The number of benzene rings is 1. The molecule has 1 aromatic carbocycles. The topological polar surface area (TPSA) is 25.8 Å². The monoisotopic (exact) mass is 336 g/mol. The van der Waals surface area contributed by atoms with Crippen molar-refractivity contribution in [1.29, 1.82) is 0 Å². The van der Waals surface area contributed by atoms with Crippen molar-refractivity contribution in [2.45, 2.75) is 46.5 Å². The summed E-state index contributed by atoms with van der Waals surface area (Å²) < 4.78 is 0. The second kappa shape index (κ2) is 7.71. The molecule has 0 bridgehead atoms. The van der Waals surface area contributed by atoms with E-state index in [0.717, 1.165) is 36.4 Å². The van der Waals surface area contributed by atoms with Gasteiger partial charge in [-0.25, -0.2) is 4.98 Å². The Morgan fingerprint density at radius 3 is 2.33 bits per heavy atom. The molecule has 2 aromatic heterocycles. The third kappa shape index (κ3) is 3.73. The maximum Gasteiger partial charge on any atom is 0.125 e. The minimum Gasteiger partial charge on any atom is -0.257 e. The molecule has 2 nitrogen and oxygen atoms in total. The predicted octanol–water partition coefficient (Wildman–Crippen LogP) is 6.09. The number of nitrogens with zero attached hydrogens (tertiary/aromatic N) is 2. The summed E-state index contributed by atoms with van der Waals surface area (Å²) >= 11 is 1.71. The molecule has 0 aliphatic carbocycles. The van der Waals surface area contributed by atoms with Crippen molar-refractivity contribution < 1.29 is 0 Å². The fraction of sp³-hybridized carbons (Fsp3) is 0.333. The average molecular weight is 337 g/mol. The fourth-order valence-electron chi connectivity index (χ4n) is 2.82. The van der Waals surface area contributed by atoms with Gasteiger partial charge in [-0.05, 0) is 31.9 Å². The Labute approximate surface area is 148 Å². The molecule has 24 heavy (non-hydrogen) atoms. The van der Waals surface area contributed by atoms with Crippen LogP contribution in [0.5, 0.6) is 0 Å². The van der Waals surface area contributed by atoms with Gasteiger partial charge in [0.1, 0.15) is 5.01 Å². The van der Waals surface area contributed by atoms with Gasteiger partial charge in [0.15, 0.2) is 0 Å². The minimum atomic E-state index is 1.01. The first kappa shape index (κ1) is 16.8. The first-order valence-electron chi connectivity index (χ1n) is 8.73. The first-order chi connectivity index (χ1) is 11.7. The highest BCUT2D eigenvalue weighted by atomic mass is 32.1. The van der Waals surface area contributed by atoms with Crippen molar-refractivity contribution in [3.63, 3.8) is 0 Å². The van der Waals surface area contributed by atoms with Gasteiger partial charge in [-0.15, -0.1) is 11.3 Å². The number of hydrogen-bond acceptors (Lipinski definition) is 3. The molecule has 0 saturated heterocycles. The summed E-state index contributed by atoms with van der Waals surface area (Å²) in [7, 11) is 0. The standard InChI is InChI=1S/C21H24N2S/c1-4-6-17-12-13-18(19(22-17)7-5-2)21-23-20(14-24-21)16-10-8-15(3)9-11-16/h8-14H,4-7H2,1-3H3. The zero-order valence-corrected chi connectivity index (χ0v) is 15.5. The van der Waals surface area contributed by atoms with E-state index in [2.05, 4.69) is 62.5 Å². The third-order valence-corrected chi connectivity index (χ3v) is 4.98. The van der Waals surface area contributed by atoms with E-state index >= 15 is 0 Å². The lowest BCUT2D eigenvalue weighted by Gasteiger charge is -2.08. The van der Waals surface area contributed by atoms with Crippen LogP contribution in [0, 0.1) is 6.92 Å². The summed E-state index contributed by atoms with van der Waals surface area (Å²) in [6.45, 7) is 6.51. The van der Waals surface area contributed by atoms with Crippen LogP contribution in [0.3, 0.4) is 0 Å². The second-order valence-electron chi connectivity index (χ2n) is 6.20. The summed E-state index contributed by atoms with van der Waals surface area (Å²) in [6, 6.07) is 12.9. The molecule has 0 unspecified atom stereocenters. The molecule has 0 fully saturated rings. The lowest BCUT2D eigenvalue weighted by molar-refractivity contribution is 0.833. The van der Waals surface area contributed by atoms with E-state index < -0.39 is 0 Å². The van der Waals surface area contributed by atoms with Crippen LogP contribution in [0.15, 0.2) is 41.8 Å². The Hall–Kier alpha value is -2.00. The molecule has 3 aromatic rings. The van der Waals surface area contributed by atoms with Gasteiger partial charge >= 0.3 is 0 Å². The molecule has 0 atom stereocenters. The summed E-state index contributed by atoms with van der Waals surface area (Å²) in [5.74, 6) is 0. The molecule has 0 spiro atoms. The van der Waals surface area contributed by atoms with Crippen molar-refractivity contribution in [2.24, 2.45) is 0 Å². The van der Waals surface area contributed by atoms with Gasteiger partial charge in [0.05, 0.1) is 11.4 Å². The van der Waals surface area contributed by atoms with Gasteiger partial charge in [0, 0.05) is 22.2 Å². The van der Waals surface area contributed by atoms with Gasteiger partial charge in [0.2, 0.25) is 0 Å².